The van der Waals surface area contributed by atoms with Crippen molar-refractivity contribution in [3.05, 3.63) is 23.4 Å². The lowest BCUT2D eigenvalue weighted by atomic mass is 10.1. The number of fused-ring (bicyclic) bond motifs is 1. The van der Waals surface area contributed by atoms with Crippen LogP contribution in [0.3, 0.4) is 0 Å². The van der Waals surface area contributed by atoms with Crippen molar-refractivity contribution >= 4 is 17.6 Å². The summed E-state index contributed by atoms with van der Waals surface area (Å²) < 4.78 is 11.2. The Labute approximate surface area is 135 Å². The second-order valence-electron chi connectivity index (χ2n) is 6.04. The summed E-state index contributed by atoms with van der Waals surface area (Å²) in [6.45, 7) is 5.92. The van der Waals surface area contributed by atoms with Crippen LogP contribution in [-0.2, 0) is 20.7 Å². The van der Waals surface area contributed by atoms with E-state index in [2.05, 4.69) is 10.3 Å². The van der Waals surface area contributed by atoms with E-state index in [0.717, 1.165) is 0 Å². The molecule has 1 atom stereocenters. The van der Waals surface area contributed by atoms with Gasteiger partial charge in [-0.15, -0.1) is 0 Å². The van der Waals surface area contributed by atoms with Crippen molar-refractivity contribution in [2.75, 3.05) is 31.6 Å². The van der Waals surface area contributed by atoms with Crippen LogP contribution in [0.5, 0.6) is 0 Å². The molecule has 1 fully saturated rings. The van der Waals surface area contributed by atoms with Crippen LogP contribution in [0.4, 0.5) is 5.82 Å². The molecule has 2 aliphatic rings. The van der Waals surface area contributed by atoms with Crippen molar-refractivity contribution in [3.63, 3.8) is 0 Å². The van der Waals surface area contributed by atoms with Gasteiger partial charge in [-0.25, -0.2) is 4.98 Å². The molecule has 1 aromatic heterocycles. The van der Waals surface area contributed by atoms with Gasteiger partial charge in [0.15, 0.2) is 0 Å². The minimum atomic E-state index is -0.127. The average Bonchev–Trinajstić information content (AvgIpc) is 2.92. The Balaban J connectivity index is 1.71. The van der Waals surface area contributed by atoms with Gasteiger partial charge in [0.2, 0.25) is 5.91 Å². The fourth-order valence-corrected chi connectivity index (χ4v) is 2.79. The molecule has 1 saturated heterocycles. The maximum atomic E-state index is 12.8. The largest absolute Gasteiger partial charge is 0.376 e. The topological polar surface area (TPSA) is 80.8 Å². The van der Waals surface area contributed by atoms with Crippen LogP contribution in [0.25, 0.3) is 0 Å². The molecule has 2 amide bonds. The molecule has 0 bridgehead atoms. The number of nitrogens with zero attached hydrogens (tertiary/aromatic N) is 2. The van der Waals surface area contributed by atoms with Crippen LogP contribution in [0, 0.1) is 0 Å². The minimum absolute atomic E-state index is 0.0852. The molecule has 3 rings (SSSR count). The first-order valence-corrected chi connectivity index (χ1v) is 7.85. The number of carbonyl (C=O) groups is 2. The number of anilines is 1. The van der Waals surface area contributed by atoms with Gasteiger partial charge in [0.25, 0.3) is 5.91 Å². The number of nitrogens with one attached hydrogen (secondary N) is 1. The lowest BCUT2D eigenvalue weighted by molar-refractivity contribution is -0.115. The molecule has 0 aliphatic carbocycles. The maximum absolute atomic E-state index is 12.8. The highest BCUT2D eigenvalue weighted by Crippen LogP contribution is 2.25. The standard InChI is InChI=1S/C16H21N3O4/c1-10(2)23-9-11-8-19(5-6-22-11)16(21)12-3-4-17-15-13(12)7-14(20)18-15/h3-4,10-11H,5-9H2,1-2H3,(H,17,18,20). The molecule has 7 heteroatoms. The first-order valence-electron chi connectivity index (χ1n) is 7.85. The van der Waals surface area contributed by atoms with Gasteiger partial charge < -0.3 is 19.7 Å². The third-order valence-corrected chi connectivity index (χ3v) is 3.92. The van der Waals surface area contributed by atoms with Crippen LogP contribution in [0.1, 0.15) is 29.8 Å². The van der Waals surface area contributed by atoms with E-state index >= 15 is 0 Å². The molecule has 1 unspecified atom stereocenters. The summed E-state index contributed by atoms with van der Waals surface area (Å²) in [5.74, 6) is 0.282. The van der Waals surface area contributed by atoms with Gasteiger partial charge in [-0.1, -0.05) is 0 Å². The summed E-state index contributed by atoms with van der Waals surface area (Å²) in [7, 11) is 0. The molecule has 0 saturated carbocycles. The minimum Gasteiger partial charge on any atom is -0.376 e. The Morgan fingerprint density at radius 1 is 1.57 bits per heavy atom. The zero-order chi connectivity index (χ0) is 16.4. The summed E-state index contributed by atoms with van der Waals surface area (Å²) in [5, 5.41) is 2.67. The smallest absolute Gasteiger partial charge is 0.254 e. The molecular formula is C16H21N3O4. The maximum Gasteiger partial charge on any atom is 0.254 e. The number of hydrogen-bond donors (Lipinski definition) is 1. The van der Waals surface area contributed by atoms with Crippen molar-refractivity contribution in [1.82, 2.24) is 9.88 Å². The van der Waals surface area contributed by atoms with E-state index in [4.69, 9.17) is 9.47 Å². The number of aromatic nitrogens is 1. The van der Waals surface area contributed by atoms with Gasteiger partial charge in [-0.2, -0.15) is 0 Å². The van der Waals surface area contributed by atoms with Crippen LogP contribution in [-0.4, -0.2) is 60.2 Å². The molecule has 23 heavy (non-hydrogen) atoms. The zero-order valence-electron chi connectivity index (χ0n) is 13.4. The van der Waals surface area contributed by atoms with Gasteiger partial charge in [0.1, 0.15) is 5.82 Å². The van der Waals surface area contributed by atoms with Gasteiger partial charge in [0, 0.05) is 30.4 Å². The van der Waals surface area contributed by atoms with Crippen molar-refractivity contribution in [2.24, 2.45) is 0 Å². The zero-order valence-corrected chi connectivity index (χ0v) is 13.4. The lowest BCUT2D eigenvalue weighted by Crippen LogP contribution is -2.47. The molecule has 0 aromatic carbocycles. The van der Waals surface area contributed by atoms with E-state index in [1.807, 2.05) is 13.8 Å². The average molecular weight is 319 g/mol. The van der Waals surface area contributed by atoms with E-state index in [9.17, 15) is 9.59 Å². The molecule has 124 valence electrons. The normalized spacial score (nSPS) is 20.6. The third kappa shape index (κ3) is 3.51. The number of morpholine rings is 1. The Morgan fingerprint density at radius 3 is 3.17 bits per heavy atom. The molecule has 3 heterocycles. The van der Waals surface area contributed by atoms with E-state index in [1.54, 1.807) is 17.2 Å². The first kappa shape index (κ1) is 15.9. The Hall–Kier alpha value is -1.99. The summed E-state index contributed by atoms with van der Waals surface area (Å²) >= 11 is 0. The summed E-state index contributed by atoms with van der Waals surface area (Å²) in [4.78, 5) is 30.2. The molecule has 1 aromatic rings. The highest BCUT2D eigenvalue weighted by molar-refractivity contribution is 6.04. The van der Waals surface area contributed by atoms with Crippen LogP contribution in [0.2, 0.25) is 0 Å². The highest BCUT2D eigenvalue weighted by atomic mass is 16.5. The number of ether oxygens (including phenoxy) is 2. The van der Waals surface area contributed by atoms with Crippen molar-refractivity contribution in [3.8, 4) is 0 Å². The number of rotatable bonds is 4. The Morgan fingerprint density at radius 2 is 2.39 bits per heavy atom. The molecule has 7 nitrogen and oxygen atoms in total. The molecular weight excluding hydrogens is 298 g/mol. The number of amides is 2. The summed E-state index contributed by atoms with van der Waals surface area (Å²) in [5.41, 5.74) is 1.22. The molecule has 2 aliphatic heterocycles. The van der Waals surface area contributed by atoms with E-state index in [0.29, 0.717) is 43.2 Å². The van der Waals surface area contributed by atoms with Gasteiger partial charge >= 0.3 is 0 Å². The second-order valence-corrected chi connectivity index (χ2v) is 6.04. The van der Waals surface area contributed by atoms with Crippen LogP contribution >= 0.6 is 0 Å². The fourth-order valence-electron chi connectivity index (χ4n) is 2.79. The van der Waals surface area contributed by atoms with E-state index in [1.165, 1.54) is 0 Å². The number of hydrogen-bond acceptors (Lipinski definition) is 5. The lowest BCUT2D eigenvalue weighted by Gasteiger charge is -2.33. The SMILES string of the molecule is CC(C)OCC1CN(C(=O)c2ccnc3c2CC(=O)N3)CCO1. The predicted octanol–water partition coefficient (Wildman–Crippen LogP) is 0.842. The summed E-state index contributed by atoms with van der Waals surface area (Å²) in [6.07, 6.45) is 1.77. The molecule has 1 N–H and O–H groups in total. The Kier molecular flexibility index (Phi) is 4.58. The summed E-state index contributed by atoms with van der Waals surface area (Å²) in [6, 6.07) is 1.68. The molecule has 0 radical (unpaired) electrons. The number of carbonyl (C=O) groups excluding carboxylic acids is 2. The predicted molar refractivity (Wildman–Crippen MR) is 83.3 cm³/mol. The van der Waals surface area contributed by atoms with E-state index in [-0.39, 0.29) is 30.4 Å². The second kappa shape index (κ2) is 6.64. The van der Waals surface area contributed by atoms with Crippen LogP contribution < -0.4 is 5.32 Å². The van der Waals surface area contributed by atoms with E-state index < -0.39 is 0 Å². The van der Waals surface area contributed by atoms with Crippen LogP contribution in [0.15, 0.2) is 12.3 Å². The Bertz CT molecular complexity index is 617. The number of pyridine rings is 1. The fraction of sp³-hybridized carbons (Fsp3) is 0.562. The van der Waals surface area contributed by atoms with Gasteiger partial charge in [0.05, 0.1) is 31.8 Å². The quantitative estimate of drug-likeness (QED) is 0.889. The highest BCUT2D eigenvalue weighted by Gasteiger charge is 2.30. The first-order chi connectivity index (χ1) is 11.0. The van der Waals surface area contributed by atoms with Gasteiger partial charge in [-0.05, 0) is 19.9 Å². The monoisotopic (exact) mass is 319 g/mol. The third-order valence-electron chi connectivity index (χ3n) is 3.92. The van der Waals surface area contributed by atoms with Crippen molar-refractivity contribution in [2.45, 2.75) is 32.5 Å². The van der Waals surface area contributed by atoms with Gasteiger partial charge in [-0.3, -0.25) is 9.59 Å². The van der Waals surface area contributed by atoms with Crippen molar-refractivity contribution < 1.29 is 19.1 Å². The molecule has 0 spiro atoms. The van der Waals surface area contributed by atoms with Crippen molar-refractivity contribution in [1.29, 1.82) is 0 Å².